The zero-order valence-corrected chi connectivity index (χ0v) is 8.71. The standard InChI is InChI=1S/C8H11N7O/c1-2-6-3-9-12-8(6)11-7(16)4-15-5-10-13-14-15/h3,5H,2,4H2,1H3,(H2,9,11,12,16). The third-order valence-corrected chi connectivity index (χ3v) is 2.06. The van der Waals surface area contributed by atoms with Gasteiger partial charge in [0.15, 0.2) is 0 Å². The summed E-state index contributed by atoms with van der Waals surface area (Å²) in [7, 11) is 0. The van der Waals surface area contributed by atoms with E-state index in [1.54, 1.807) is 6.20 Å². The summed E-state index contributed by atoms with van der Waals surface area (Å²) in [6, 6.07) is 0. The fourth-order valence-corrected chi connectivity index (χ4v) is 1.27. The second-order valence-corrected chi connectivity index (χ2v) is 3.18. The molecule has 0 spiro atoms. The lowest BCUT2D eigenvalue weighted by atomic mass is 10.2. The number of hydrogen-bond acceptors (Lipinski definition) is 5. The summed E-state index contributed by atoms with van der Waals surface area (Å²) in [6.45, 7) is 2.07. The summed E-state index contributed by atoms with van der Waals surface area (Å²) < 4.78 is 1.34. The molecule has 0 radical (unpaired) electrons. The van der Waals surface area contributed by atoms with Gasteiger partial charge in [-0.1, -0.05) is 6.92 Å². The largest absolute Gasteiger partial charge is 0.309 e. The molecule has 84 valence electrons. The summed E-state index contributed by atoms with van der Waals surface area (Å²) in [4.78, 5) is 11.6. The molecule has 8 heteroatoms. The predicted molar refractivity (Wildman–Crippen MR) is 54.4 cm³/mol. The maximum absolute atomic E-state index is 11.6. The maximum atomic E-state index is 11.6. The third-order valence-electron chi connectivity index (χ3n) is 2.06. The lowest BCUT2D eigenvalue weighted by Gasteiger charge is -2.03. The van der Waals surface area contributed by atoms with E-state index in [0.29, 0.717) is 5.82 Å². The van der Waals surface area contributed by atoms with Crippen molar-refractivity contribution in [3.8, 4) is 0 Å². The Morgan fingerprint density at radius 3 is 3.19 bits per heavy atom. The molecule has 0 bridgehead atoms. The number of nitrogens with one attached hydrogen (secondary N) is 2. The zero-order chi connectivity index (χ0) is 11.4. The molecule has 2 rings (SSSR count). The van der Waals surface area contributed by atoms with Gasteiger partial charge in [0.2, 0.25) is 5.91 Å². The van der Waals surface area contributed by atoms with Gasteiger partial charge in [0.25, 0.3) is 0 Å². The molecule has 0 aromatic carbocycles. The van der Waals surface area contributed by atoms with Gasteiger partial charge in [-0.25, -0.2) is 4.68 Å². The minimum Gasteiger partial charge on any atom is -0.309 e. The molecule has 2 aromatic rings. The van der Waals surface area contributed by atoms with Crippen molar-refractivity contribution < 1.29 is 4.79 Å². The van der Waals surface area contributed by atoms with Crippen LogP contribution in [0.3, 0.4) is 0 Å². The third kappa shape index (κ3) is 2.22. The Bertz CT molecular complexity index is 460. The molecule has 0 aliphatic heterocycles. The first-order valence-electron chi connectivity index (χ1n) is 4.82. The SMILES string of the molecule is CCc1cn[nH]c1NC(=O)Cn1cnnn1. The quantitative estimate of drug-likeness (QED) is 0.731. The number of nitrogens with zero attached hydrogens (tertiary/aromatic N) is 5. The monoisotopic (exact) mass is 221 g/mol. The first-order chi connectivity index (χ1) is 7.79. The minimum absolute atomic E-state index is 0.0785. The highest BCUT2D eigenvalue weighted by atomic mass is 16.2. The molecule has 0 aliphatic rings. The van der Waals surface area contributed by atoms with Crippen LogP contribution in [0.5, 0.6) is 0 Å². The lowest BCUT2D eigenvalue weighted by Crippen LogP contribution is -2.20. The number of carbonyl (C=O) groups is 1. The Kier molecular flexibility index (Phi) is 2.90. The second-order valence-electron chi connectivity index (χ2n) is 3.18. The van der Waals surface area contributed by atoms with Crippen LogP contribution in [-0.2, 0) is 17.8 Å². The highest BCUT2D eigenvalue weighted by Crippen LogP contribution is 2.10. The first kappa shape index (κ1) is 10.3. The fraction of sp³-hybridized carbons (Fsp3) is 0.375. The van der Waals surface area contributed by atoms with E-state index < -0.39 is 0 Å². The second kappa shape index (κ2) is 4.51. The molecule has 0 unspecified atom stereocenters. The number of aromatic nitrogens is 6. The Morgan fingerprint density at radius 1 is 1.62 bits per heavy atom. The molecule has 0 saturated carbocycles. The molecule has 0 aliphatic carbocycles. The number of rotatable bonds is 4. The summed E-state index contributed by atoms with van der Waals surface area (Å²) in [5.41, 5.74) is 0.963. The van der Waals surface area contributed by atoms with E-state index in [2.05, 4.69) is 31.0 Å². The van der Waals surface area contributed by atoms with E-state index >= 15 is 0 Å². The van der Waals surface area contributed by atoms with Crippen LogP contribution >= 0.6 is 0 Å². The van der Waals surface area contributed by atoms with Gasteiger partial charge in [0.05, 0.1) is 6.20 Å². The number of hydrogen-bond donors (Lipinski definition) is 2. The van der Waals surface area contributed by atoms with Crippen LogP contribution in [0.4, 0.5) is 5.82 Å². The lowest BCUT2D eigenvalue weighted by molar-refractivity contribution is -0.117. The van der Waals surface area contributed by atoms with Crippen LogP contribution in [0, 0.1) is 0 Å². The molecule has 2 heterocycles. The number of anilines is 1. The minimum atomic E-state index is -0.203. The van der Waals surface area contributed by atoms with Crippen molar-refractivity contribution in [2.75, 3.05) is 5.32 Å². The Hall–Kier alpha value is -2.25. The van der Waals surface area contributed by atoms with E-state index in [1.165, 1.54) is 11.0 Å². The van der Waals surface area contributed by atoms with Crippen LogP contribution in [0.1, 0.15) is 12.5 Å². The van der Waals surface area contributed by atoms with E-state index in [0.717, 1.165) is 12.0 Å². The maximum Gasteiger partial charge on any atom is 0.247 e. The highest BCUT2D eigenvalue weighted by Gasteiger charge is 2.08. The topological polar surface area (TPSA) is 101 Å². The average molecular weight is 221 g/mol. The molecule has 0 atom stereocenters. The van der Waals surface area contributed by atoms with E-state index in [1.807, 2.05) is 6.92 Å². The smallest absolute Gasteiger partial charge is 0.247 e. The van der Waals surface area contributed by atoms with Crippen LogP contribution in [0.25, 0.3) is 0 Å². The van der Waals surface area contributed by atoms with E-state index in [4.69, 9.17) is 0 Å². The van der Waals surface area contributed by atoms with Crippen LogP contribution in [0.15, 0.2) is 12.5 Å². The number of tetrazole rings is 1. The summed E-state index contributed by atoms with van der Waals surface area (Å²) in [5.74, 6) is 0.423. The van der Waals surface area contributed by atoms with E-state index in [9.17, 15) is 4.79 Å². The molecule has 0 fully saturated rings. The molecule has 8 nitrogen and oxygen atoms in total. The average Bonchev–Trinajstić information content (AvgIpc) is 2.88. The summed E-state index contributed by atoms with van der Waals surface area (Å²) in [5, 5.41) is 19.8. The van der Waals surface area contributed by atoms with Crippen molar-refractivity contribution in [2.24, 2.45) is 0 Å². The van der Waals surface area contributed by atoms with Gasteiger partial charge in [-0.05, 0) is 16.8 Å². The van der Waals surface area contributed by atoms with Crippen molar-refractivity contribution >= 4 is 11.7 Å². The molecule has 16 heavy (non-hydrogen) atoms. The number of aromatic amines is 1. The van der Waals surface area contributed by atoms with Gasteiger partial charge in [-0.3, -0.25) is 9.89 Å². The Morgan fingerprint density at radius 2 is 2.50 bits per heavy atom. The van der Waals surface area contributed by atoms with Gasteiger partial charge < -0.3 is 5.32 Å². The van der Waals surface area contributed by atoms with Gasteiger partial charge in [0.1, 0.15) is 18.7 Å². The van der Waals surface area contributed by atoms with E-state index in [-0.39, 0.29) is 12.5 Å². The molecular formula is C8H11N7O. The van der Waals surface area contributed by atoms with Gasteiger partial charge in [-0.15, -0.1) is 5.10 Å². The van der Waals surface area contributed by atoms with Crippen molar-refractivity contribution in [3.05, 3.63) is 18.1 Å². The van der Waals surface area contributed by atoms with Crippen molar-refractivity contribution in [3.63, 3.8) is 0 Å². The number of amides is 1. The predicted octanol–water partition coefficient (Wildman–Crippen LogP) is -0.403. The van der Waals surface area contributed by atoms with Gasteiger partial charge in [0, 0.05) is 5.56 Å². The van der Waals surface area contributed by atoms with Crippen LogP contribution in [0.2, 0.25) is 0 Å². The number of H-pyrrole nitrogens is 1. The summed E-state index contributed by atoms with van der Waals surface area (Å²) in [6.07, 6.45) is 3.87. The zero-order valence-electron chi connectivity index (χ0n) is 8.71. The molecule has 2 N–H and O–H groups in total. The molecule has 0 saturated heterocycles. The summed E-state index contributed by atoms with van der Waals surface area (Å²) >= 11 is 0. The number of carbonyl (C=O) groups excluding carboxylic acids is 1. The normalized spacial score (nSPS) is 10.3. The van der Waals surface area contributed by atoms with Gasteiger partial charge in [-0.2, -0.15) is 5.10 Å². The van der Waals surface area contributed by atoms with Crippen LogP contribution < -0.4 is 5.32 Å². The first-order valence-corrected chi connectivity index (χ1v) is 4.82. The van der Waals surface area contributed by atoms with Crippen molar-refractivity contribution in [2.45, 2.75) is 19.9 Å². The van der Waals surface area contributed by atoms with Crippen LogP contribution in [-0.4, -0.2) is 36.3 Å². The van der Waals surface area contributed by atoms with Gasteiger partial charge >= 0.3 is 0 Å². The Balaban J connectivity index is 1.97. The molecule has 2 aromatic heterocycles. The van der Waals surface area contributed by atoms with Crippen molar-refractivity contribution in [1.82, 2.24) is 30.4 Å². The van der Waals surface area contributed by atoms with Crippen molar-refractivity contribution in [1.29, 1.82) is 0 Å². The fourth-order valence-electron chi connectivity index (χ4n) is 1.27. The Labute approximate surface area is 91.0 Å². The number of aryl methyl sites for hydroxylation is 1. The molecule has 1 amide bonds. The highest BCUT2D eigenvalue weighted by molar-refractivity contribution is 5.90. The molecular weight excluding hydrogens is 210 g/mol.